The summed E-state index contributed by atoms with van der Waals surface area (Å²) in [6.45, 7) is 0. The van der Waals surface area contributed by atoms with Gasteiger partial charge in [0.1, 0.15) is 17.3 Å². The fourth-order valence-corrected chi connectivity index (χ4v) is 1.35. The third kappa shape index (κ3) is 2.81. The van der Waals surface area contributed by atoms with Gasteiger partial charge in [-0.25, -0.2) is 4.39 Å². The minimum absolute atomic E-state index is 0.0460. The topological polar surface area (TPSA) is 52.8 Å². The predicted octanol–water partition coefficient (Wildman–Crippen LogP) is 2.99. The molecule has 0 amide bonds. The zero-order valence-corrected chi connectivity index (χ0v) is 8.84. The molecule has 0 radical (unpaired) electrons. The van der Waals surface area contributed by atoms with Crippen molar-refractivity contribution in [2.24, 2.45) is 4.99 Å². The van der Waals surface area contributed by atoms with Crippen molar-refractivity contribution in [2.75, 3.05) is 0 Å². The fraction of sp³-hybridized carbons (Fsp3) is 0. The summed E-state index contributed by atoms with van der Waals surface area (Å²) in [6, 6.07) is 9.94. The Hall–Kier alpha value is -2.36. The van der Waals surface area contributed by atoms with E-state index in [0.717, 1.165) is 0 Å². The van der Waals surface area contributed by atoms with Crippen LogP contribution in [0.15, 0.2) is 47.5 Å². The lowest BCUT2D eigenvalue weighted by atomic mass is 10.2. The molecule has 2 aromatic rings. The second kappa shape index (κ2) is 4.65. The van der Waals surface area contributed by atoms with Crippen LogP contribution in [0.2, 0.25) is 0 Å². The predicted molar refractivity (Wildman–Crippen MR) is 63.4 cm³/mol. The van der Waals surface area contributed by atoms with Gasteiger partial charge < -0.3 is 10.2 Å². The Kier molecular flexibility index (Phi) is 3.05. The third-order valence-electron chi connectivity index (χ3n) is 2.17. The van der Waals surface area contributed by atoms with E-state index in [1.165, 1.54) is 36.5 Å². The first-order chi connectivity index (χ1) is 8.15. The first kappa shape index (κ1) is 11.1. The molecular formula is C13H10FNO2. The van der Waals surface area contributed by atoms with Gasteiger partial charge in [0.25, 0.3) is 0 Å². The number of phenols is 2. The number of benzene rings is 2. The van der Waals surface area contributed by atoms with Gasteiger partial charge in [-0.2, -0.15) is 0 Å². The summed E-state index contributed by atoms with van der Waals surface area (Å²) in [5.41, 5.74) is 0.807. The highest BCUT2D eigenvalue weighted by Gasteiger charge is 1.99. The molecule has 0 atom stereocenters. The Morgan fingerprint density at radius 2 is 1.88 bits per heavy atom. The number of nitrogens with zero attached hydrogens (tertiary/aromatic N) is 1. The fourth-order valence-electron chi connectivity index (χ4n) is 1.35. The highest BCUT2D eigenvalue weighted by molar-refractivity contribution is 5.85. The quantitative estimate of drug-likeness (QED) is 0.780. The number of hydrogen-bond acceptors (Lipinski definition) is 3. The van der Waals surface area contributed by atoms with Crippen molar-refractivity contribution in [3.8, 4) is 11.5 Å². The van der Waals surface area contributed by atoms with Gasteiger partial charge >= 0.3 is 0 Å². The van der Waals surface area contributed by atoms with E-state index in [0.29, 0.717) is 5.69 Å². The van der Waals surface area contributed by atoms with Gasteiger partial charge in [0.2, 0.25) is 0 Å². The monoisotopic (exact) mass is 231 g/mol. The van der Waals surface area contributed by atoms with Crippen LogP contribution in [0, 0.1) is 5.82 Å². The SMILES string of the molecule is Oc1cccc(N=Cc2cc(F)ccc2O)c1. The normalized spacial score (nSPS) is 10.9. The Bertz CT molecular complexity index is 567. The van der Waals surface area contributed by atoms with Crippen molar-refractivity contribution in [3.05, 3.63) is 53.8 Å². The number of aromatic hydroxyl groups is 2. The minimum atomic E-state index is -0.444. The van der Waals surface area contributed by atoms with Crippen molar-refractivity contribution in [2.45, 2.75) is 0 Å². The molecule has 2 aromatic carbocycles. The molecule has 0 saturated heterocycles. The molecule has 2 rings (SSSR count). The van der Waals surface area contributed by atoms with Crippen LogP contribution in [0.3, 0.4) is 0 Å². The van der Waals surface area contributed by atoms with Gasteiger partial charge in [0.05, 0.1) is 5.69 Å². The zero-order chi connectivity index (χ0) is 12.3. The van der Waals surface area contributed by atoms with Crippen molar-refractivity contribution in [3.63, 3.8) is 0 Å². The molecule has 0 unspecified atom stereocenters. The van der Waals surface area contributed by atoms with Crippen LogP contribution in [0.5, 0.6) is 11.5 Å². The number of hydrogen-bond donors (Lipinski definition) is 2. The van der Waals surface area contributed by atoms with Crippen LogP contribution in [0.4, 0.5) is 10.1 Å². The Balaban J connectivity index is 2.29. The maximum absolute atomic E-state index is 12.9. The molecule has 0 aromatic heterocycles. The lowest BCUT2D eigenvalue weighted by Crippen LogP contribution is -1.84. The van der Waals surface area contributed by atoms with Crippen molar-refractivity contribution >= 4 is 11.9 Å². The molecule has 0 bridgehead atoms. The first-order valence-corrected chi connectivity index (χ1v) is 4.97. The second-order valence-corrected chi connectivity index (χ2v) is 3.48. The number of rotatable bonds is 2. The van der Waals surface area contributed by atoms with E-state index in [1.807, 2.05) is 0 Å². The van der Waals surface area contributed by atoms with Gasteiger partial charge in [0.15, 0.2) is 0 Å². The van der Waals surface area contributed by atoms with Gasteiger partial charge in [-0.05, 0) is 30.3 Å². The van der Waals surface area contributed by atoms with Crippen molar-refractivity contribution < 1.29 is 14.6 Å². The third-order valence-corrected chi connectivity index (χ3v) is 2.17. The highest BCUT2D eigenvalue weighted by atomic mass is 19.1. The van der Waals surface area contributed by atoms with Crippen LogP contribution in [0.25, 0.3) is 0 Å². The molecular weight excluding hydrogens is 221 g/mol. The average Bonchev–Trinajstić information content (AvgIpc) is 2.30. The van der Waals surface area contributed by atoms with Crippen LogP contribution in [0.1, 0.15) is 5.56 Å². The number of aliphatic imine (C=N–C) groups is 1. The van der Waals surface area contributed by atoms with Crippen LogP contribution in [-0.4, -0.2) is 16.4 Å². The molecule has 86 valence electrons. The van der Waals surface area contributed by atoms with Gasteiger partial charge in [-0.15, -0.1) is 0 Å². The number of phenolic OH excluding ortho intramolecular Hbond substituents is 2. The summed E-state index contributed by atoms with van der Waals surface area (Å²) in [5, 5.41) is 18.7. The molecule has 0 aliphatic rings. The van der Waals surface area contributed by atoms with E-state index in [4.69, 9.17) is 0 Å². The average molecular weight is 231 g/mol. The molecule has 0 heterocycles. The molecule has 17 heavy (non-hydrogen) atoms. The zero-order valence-electron chi connectivity index (χ0n) is 8.84. The van der Waals surface area contributed by atoms with E-state index in [9.17, 15) is 14.6 Å². The Morgan fingerprint density at radius 1 is 1.06 bits per heavy atom. The largest absolute Gasteiger partial charge is 0.508 e. The first-order valence-electron chi connectivity index (χ1n) is 4.97. The molecule has 0 spiro atoms. The maximum atomic E-state index is 12.9. The smallest absolute Gasteiger partial charge is 0.124 e. The minimum Gasteiger partial charge on any atom is -0.508 e. The Labute approximate surface area is 97.5 Å². The van der Waals surface area contributed by atoms with E-state index >= 15 is 0 Å². The van der Waals surface area contributed by atoms with Crippen molar-refractivity contribution in [1.82, 2.24) is 0 Å². The summed E-state index contributed by atoms with van der Waals surface area (Å²) in [6.07, 6.45) is 1.34. The standard InChI is InChI=1S/C13H10FNO2/c14-10-4-5-13(17)9(6-10)8-15-11-2-1-3-12(16)7-11/h1-8,16-17H. The van der Waals surface area contributed by atoms with Crippen LogP contribution in [-0.2, 0) is 0 Å². The van der Waals surface area contributed by atoms with Crippen LogP contribution < -0.4 is 0 Å². The van der Waals surface area contributed by atoms with E-state index < -0.39 is 5.82 Å². The molecule has 4 heteroatoms. The van der Waals surface area contributed by atoms with Crippen molar-refractivity contribution in [1.29, 1.82) is 0 Å². The van der Waals surface area contributed by atoms with Gasteiger partial charge in [0, 0.05) is 17.8 Å². The molecule has 0 saturated carbocycles. The number of halogens is 1. The van der Waals surface area contributed by atoms with E-state index in [1.54, 1.807) is 12.1 Å². The van der Waals surface area contributed by atoms with Gasteiger partial charge in [-0.1, -0.05) is 6.07 Å². The second-order valence-electron chi connectivity index (χ2n) is 3.48. The lowest BCUT2D eigenvalue weighted by molar-refractivity contribution is 0.472. The summed E-state index contributed by atoms with van der Waals surface area (Å²) < 4.78 is 12.9. The molecule has 0 aliphatic heterocycles. The van der Waals surface area contributed by atoms with E-state index in [2.05, 4.69) is 4.99 Å². The summed E-state index contributed by atoms with van der Waals surface area (Å²) >= 11 is 0. The lowest BCUT2D eigenvalue weighted by Gasteiger charge is -1.98. The molecule has 0 fully saturated rings. The van der Waals surface area contributed by atoms with Crippen LogP contribution >= 0.6 is 0 Å². The Morgan fingerprint density at radius 3 is 2.65 bits per heavy atom. The molecule has 3 nitrogen and oxygen atoms in total. The summed E-state index contributed by atoms with van der Waals surface area (Å²) in [5.74, 6) is -0.390. The van der Waals surface area contributed by atoms with E-state index in [-0.39, 0.29) is 17.1 Å². The summed E-state index contributed by atoms with van der Waals surface area (Å²) in [7, 11) is 0. The molecule has 2 N–H and O–H groups in total. The molecule has 0 aliphatic carbocycles. The summed E-state index contributed by atoms with van der Waals surface area (Å²) in [4.78, 5) is 4.03. The highest BCUT2D eigenvalue weighted by Crippen LogP contribution is 2.20. The van der Waals surface area contributed by atoms with Gasteiger partial charge in [-0.3, -0.25) is 4.99 Å². The maximum Gasteiger partial charge on any atom is 0.124 e.